The Morgan fingerprint density at radius 2 is 2.10 bits per heavy atom. The lowest BCUT2D eigenvalue weighted by Crippen LogP contribution is -2.14. The summed E-state index contributed by atoms with van der Waals surface area (Å²) in [7, 11) is 0. The first-order valence-corrected chi connectivity index (χ1v) is 7.09. The van der Waals surface area contributed by atoms with E-state index in [0.717, 1.165) is 23.3 Å². The highest BCUT2D eigenvalue weighted by molar-refractivity contribution is 5.92. The van der Waals surface area contributed by atoms with E-state index in [9.17, 15) is 4.79 Å². The molecular weight excluding hydrogens is 252 g/mol. The second-order valence-corrected chi connectivity index (χ2v) is 6.88. The number of fused-ring (bicyclic) bond motifs is 1. The second-order valence-electron chi connectivity index (χ2n) is 6.88. The van der Waals surface area contributed by atoms with Crippen molar-refractivity contribution in [2.24, 2.45) is 5.41 Å². The normalized spacial score (nSPS) is 15.8. The van der Waals surface area contributed by atoms with Crippen LogP contribution in [0.1, 0.15) is 55.8 Å². The molecule has 1 aliphatic carbocycles. The van der Waals surface area contributed by atoms with Crippen LogP contribution in [0.25, 0.3) is 11.0 Å². The average molecular weight is 272 g/mol. The van der Waals surface area contributed by atoms with Crippen molar-refractivity contribution in [2.45, 2.75) is 46.1 Å². The van der Waals surface area contributed by atoms with Gasteiger partial charge >= 0.3 is 5.97 Å². The molecule has 2 aromatic rings. The largest absolute Gasteiger partial charge is 0.478 e. The first kappa shape index (κ1) is 13.2. The highest BCUT2D eigenvalue weighted by Crippen LogP contribution is 2.40. The van der Waals surface area contributed by atoms with Crippen molar-refractivity contribution in [1.82, 2.24) is 9.55 Å². The summed E-state index contributed by atoms with van der Waals surface area (Å²) in [4.78, 5) is 15.8. The lowest BCUT2D eigenvalue weighted by atomic mass is 9.92. The maximum absolute atomic E-state index is 11.1. The number of imidazole rings is 1. The molecule has 0 unspecified atom stereocenters. The van der Waals surface area contributed by atoms with Crippen LogP contribution in [-0.4, -0.2) is 20.6 Å². The Balaban J connectivity index is 2.13. The number of rotatable bonds is 3. The molecule has 0 aliphatic heterocycles. The summed E-state index contributed by atoms with van der Waals surface area (Å²) in [6.45, 7) is 6.60. The highest BCUT2D eigenvalue weighted by Gasteiger charge is 2.29. The molecular formula is C16H20N2O2. The first-order valence-electron chi connectivity index (χ1n) is 7.09. The standard InChI is InChI=1S/C16H20N2O2/c1-16(2,3)9-14-17-12-8-10(15(19)20)4-7-13(12)18(14)11-5-6-11/h4,7-8,11H,5-6,9H2,1-3H3,(H,19,20). The first-order chi connectivity index (χ1) is 9.35. The zero-order chi connectivity index (χ0) is 14.5. The van der Waals surface area contributed by atoms with Crippen molar-refractivity contribution in [3.63, 3.8) is 0 Å². The van der Waals surface area contributed by atoms with Crippen LogP contribution in [0.2, 0.25) is 0 Å². The van der Waals surface area contributed by atoms with Crippen LogP contribution in [0, 0.1) is 5.41 Å². The molecule has 106 valence electrons. The number of nitrogens with zero attached hydrogens (tertiary/aromatic N) is 2. The van der Waals surface area contributed by atoms with Gasteiger partial charge < -0.3 is 9.67 Å². The smallest absolute Gasteiger partial charge is 0.335 e. The Bertz CT molecular complexity index is 676. The quantitative estimate of drug-likeness (QED) is 0.927. The number of hydrogen-bond acceptors (Lipinski definition) is 2. The predicted octanol–water partition coefficient (Wildman–Crippen LogP) is 3.66. The number of benzene rings is 1. The van der Waals surface area contributed by atoms with E-state index in [1.54, 1.807) is 12.1 Å². The van der Waals surface area contributed by atoms with Gasteiger partial charge in [0.2, 0.25) is 0 Å². The Morgan fingerprint density at radius 1 is 1.40 bits per heavy atom. The topological polar surface area (TPSA) is 55.1 Å². The van der Waals surface area contributed by atoms with Gasteiger partial charge in [-0.25, -0.2) is 9.78 Å². The molecule has 0 saturated heterocycles. The van der Waals surface area contributed by atoms with E-state index in [4.69, 9.17) is 10.1 Å². The van der Waals surface area contributed by atoms with E-state index in [-0.39, 0.29) is 5.41 Å². The van der Waals surface area contributed by atoms with E-state index in [2.05, 4.69) is 25.3 Å². The number of aromatic nitrogens is 2. The molecule has 1 aromatic heterocycles. The molecule has 1 aromatic carbocycles. The summed E-state index contributed by atoms with van der Waals surface area (Å²) in [5, 5.41) is 9.09. The van der Waals surface area contributed by atoms with Crippen molar-refractivity contribution in [3.8, 4) is 0 Å². The van der Waals surface area contributed by atoms with Gasteiger partial charge in [-0.3, -0.25) is 0 Å². The summed E-state index contributed by atoms with van der Waals surface area (Å²) in [6.07, 6.45) is 3.30. The maximum Gasteiger partial charge on any atom is 0.335 e. The fourth-order valence-electron chi connectivity index (χ4n) is 2.62. The Kier molecular flexibility index (Phi) is 2.85. The van der Waals surface area contributed by atoms with Crippen LogP contribution in [0.15, 0.2) is 18.2 Å². The molecule has 1 heterocycles. The van der Waals surface area contributed by atoms with Gasteiger partial charge in [0, 0.05) is 12.5 Å². The zero-order valence-corrected chi connectivity index (χ0v) is 12.2. The minimum absolute atomic E-state index is 0.170. The molecule has 1 aliphatic rings. The third kappa shape index (κ3) is 2.42. The lowest BCUT2D eigenvalue weighted by Gasteiger charge is -2.18. The van der Waals surface area contributed by atoms with Gasteiger partial charge in [-0.2, -0.15) is 0 Å². The lowest BCUT2D eigenvalue weighted by molar-refractivity contribution is 0.0697. The van der Waals surface area contributed by atoms with Gasteiger partial charge in [-0.15, -0.1) is 0 Å². The third-order valence-corrected chi connectivity index (χ3v) is 3.61. The fourth-order valence-corrected chi connectivity index (χ4v) is 2.62. The Morgan fingerprint density at radius 3 is 2.65 bits per heavy atom. The SMILES string of the molecule is CC(C)(C)Cc1nc2cc(C(=O)O)ccc2n1C1CC1. The zero-order valence-electron chi connectivity index (χ0n) is 12.2. The monoisotopic (exact) mass is 272 g/mol. The molecule has 0 amide bonds. The number of carboxylic acids is 1. The van der Waals surface area contributed by atoms with Crippen molar-refractivity contribution in [2.75, 3.05) is 0 Å². The molecule has 4 heteroatoms. The van der Waals surface area contributed by atoms with E-state index in [1.807, 2.05) is 6.07 Å². The molecule has 20 heavy (non-hydrogen) atoms. The number of aromatic carboxylic acids is 1. The summed E-state index contributed by atoms with van der Waals surface area (Å²) in [5.41, 5.74) is 2.34. The van der Waals surface area contributed by atoms with Crippen LogP contribution in [-0.2, 0) is 6.42 Å². The summed E-state index contributed by atoms with van der Waals surface area (Å²) >= 11 is 0. The fraction of sp³-hybridized carbons (Fsp3) is 0.500. The number of carbonyl (C=O) groups is 1. The van der Waals surface area contributed by atoms with Gasteiger partial charge in [0.15, 0.2) is 0 Å². The maximum atomic E-state index is 11.1. The molecule has 0 bridgehead atoms. The Hall–Kier alpha value is -1.84. The van der Waals surface area contributed by atoms with E-state index < -0.39 is 5.97 Å². The second kappa shape index (κ2) is 4.33. The van der Waals surface area contributed by atoms with E-state index in [1.165, 1.54) is 12.8 Å². The van der Waals surface area contributed by atoms with Crippen LogP contribution < -0.4 is 0 Å². The van der Waals surface area contributed by atoms with Crippen LogP contribution in [0.3, 0.4) is 0 Å². The van der Waals surface area contributed by atoms with Gasteiger partial charge in [0.1, 0.15) is 5.82 Å². The molecule has 0 spiro atoms. The van der Waals surface area contributed by atoms with Gasteiger partial charge in [0.25, 0.3) is 0 Å². The van der Waals surface area contributed by atoms with Crippen LogP contribution >= 0.6 is 0 Å². The van der Waals surface area contributed by atoms with Gasteiger partial charge in [-0.05, 0) is 36.5 Å². The van der Waals surface area contributed by atoms with E-state index >= 15 is 0 Å². The van der Waals surface area contributed by atoms with Crippen molar-refractivity contribution >= 4 is 17.0 Å². The Labute approximate surface area is 118 Å². The predicted molar refractivity (Wildman–Crippen MR) is 78.1 cm³/mol. The van der Waals surface area contributed by atoms with Crippen molar-refractivity contribution < 1.29 is 9.90 Å². The van der Waals surface area contributed by atoms with Crippen LogP contribution in [0.4, 0.5) is 0 Å². The minimum Gasteiger partial charge on any atom is -0.478 e. The van der Waals surface area contributed by atoms with Crippen molar-refractivity contribution in [3.05, 3.63) is 29.6 Å². The summed E-state index contributed by atoms with van der Waals surface area (Å²) in [6, 6.07) is 5.80. The molecule has 1 saturated carbocycles. The van der Waals surface area contributed by atoms with Gasteiger partial charge in [-0.1, -0.05) is 20.8 Å². The van der Waals surface area contributed by atoms with Crippen molar-refractivity contribution in [1.29, 1.82) is 0 Å². The molecule has 1 fully saturated rings. The summed E-state index contributed by atoms with van der Waals surface area (Å²) < 4.78 is 2.31. The minimum atomic E-state index is -0.898. The average Bonchev–Trinajstić information content (AvgIpc) is 3.08. The number of hydrogen-bond donors (Lipinski definition) is 1. The highest BCUT2D eigenvalue weighted by atomic mass is 16.4. The summed E-state index contributed by atoms with van der Waals surface area (Å²) in [5.74, 6) is 0.183. The molecule has 0 atom stereocenters. The third-order valence-electron chi connectivity index (χ3n) is 3.61. The molecule has 4 nitrogen and oxygen atoms in total. The van der Waals surface area contributed by atoms with E-state index in [0.29, 0.717) is 11.6 Å². The molecule has 0 radical (unpaired) electrons. The van der Waals surface area contributed by atoms with Crippen LogP contribution in [0.5, 0.6) is 0 Å². The van der Waals surface area contributed by atoms with Gasteiger partial charge in [0.05, 0.1) is 16.6 Å². The molecule has 1 N–H and O–H groups in total. The molecule has 3 rings (SSSR count). The number of carboxylic acid groups (broad SMARTS) is 1.